The highest BCUT2D eigenvalue weighted by atomic mass is 16.7. The smallest absolute Gasteiger partial charge is 0.270 e. The first-order valence-corrected chi connectivity index (χ1v) is 12.9. The zero-order chi connectivity index (χ0) is 29.9. The van der Waals surface area contributed by atoms with Crippen LogP contribution in [0, 0.1) is 0 Å². The third kappa shape index (κ3) is 5.91. The van der Waals surface area contributed by atoms with Crippen molar-refractivity contribution >= 4 is 23.8 Å². The number of fused-ring (bicyclic) bond motifs is 4. The lowest BCUT2D eigenvalue weighted by atomic mass is 9.90. The first-order valence-electron chi connectivity index (χ1n) is 12.9. The van der Waals surface area contributed by atoms with Crippen molar-refractivity contribution in [1.82, 2.24) is 0 Å². The maximum atomic E-state index is 11.0. The fourth-order valence-corrected chi connectivity index (χ4v) is 4.61. The van der Waals surface area contributed by atoms with Crippen molar-refractivity contribution in [3.05, 3.63) is 95.1 Å². The summed E-state index contributed by atoms with van der Waals surface area (Å²) in [5.74, 6) is 1.61. The van der Waals surface area contributed by atoms with Crippen molar-refractivity contribution in [1.29, 1.82) is 0 Å². The van der Waals surface area contributed by atoms with Crippen LogP contribution < -0.4 is 23.7 Å². The molecule has 2 aliphatic rings. The Balaban J connectivity index is 0.000000181. The van der Waals surface area contributed by atoms with Crippen LogP contribution >= 0.6 is 0 Å². The Morgan fingerprint density at radius 3 is 2.02 bits per heavy atom. The topological polar surface area (TPSA) is 127 Å². The number of phenols is 3. The van der Waals surface area contributed by atoms with Crippen LogP contribution in [-0.2, 0) is 0 Å². The Labute approximate surface area is 242 Å². The maximum Gasteiger partial charge on any atom is 0.270 e. The van der Waals surface area contributed by atoms with Crippen LogP contribution in [0.2, 0.25) is 0 Å². The van der Waals surface area contributed by atoms with Gasteiger partial charge < -0.3 is 44.1 Å². The fourth-order valence-electron chi connectivity index (χ4n) is 4.61. The Hall–Kier alpha value is -5.28. The van der Waals surface area contributed by atoms with Gasteiger partial charge in [0.1, 0.15) is 34.5 Å². The third-order valence-corrected chi connectivity index (χ3v) is 6.71. The van der Waals surface area contributed by atoms with E-state index in [0.717, 1.165) is 11.1 Å². The van der Waals surface area contributed by atoms with E-state index in [1.54, 1.807) is 82.0 Å². The second-order valence-electron chi connectivity index (χ2n) is 9.55. The second-order valence-corrected chi connectivity index (χ2v) is 9.55. The fraction of sp³-hybridized carbons (Fsp3) is 0.152. The molecule has 42 heavy (non-hydrogen) atoms. The lowest BCUT2D eigenvalue weighted by molar-refractivity contribution is -0.116. The number of aromatic hydroxyl groups is 3. The average Bonchev–Trinajstić information content (AvgIpc) is 2.98. The van der Waals surface area contributed by atoms with E-state index in [1.807, 2.05) is 24.3 Å². The number of methoxy groups -OCH3 is 3. The van der Waals surface area contributed by atoms with Crippen LogP contribution in [-0.4, -0.2) is 54.1 Å². The molecule has 216 valence electrons. The molecule has 4 N–H and O–H groups in total. The number of rotatable bonds is 5. The van der Waals surface area contributed by atoms with Gasteiger partial charge in [0, 0.05) is 34.9 Å². The quantitative estimate of drug-likeness (QED) is 0.224. The van der Waals surface area contributed by atoms with Gasteiger partial charge in [-0.25, -0.2) is 0 Å². The number of benzene rings is 4. The molecular weight excluding hydrogens is 540 g/mol. The molecule has 0 spiro atoms. The van der Waals surface area contributed by atoms with Gasteiger partial charge in [-0.15, -0.1) is 0 Å². The number of ether oxygens (including phenoxy) is 5. The molecule has 1 unspecified atom stereocenters. The van der Waals surface area contributed by atoms with Crippen LogP contribution in [0.3, 0.4) is 0 Å². The number of aliphatic hydroxyl groups is 1. The lowest BCUT2D eigenvalue weighted by Gasteiger charge is -2.39. The molecule has 6 rings (SSSR count). The van der Waals surface area contributed by atoms with E-state index in [0.29, 0.717) is 45.4 Å². The molecule has 0 aliphatic carbocycles. The molecule has 0 saturated heterocycles. The third-order valence-electron chi connectivity index (χ3n) is 6.71. The Morgan fingerprint density at radius 1 is 0.690 bits per heavy atom. The second kappa shape index (κ2) is 11.7. The normalized spacial score (nSPS) is 16.3. The van der Waals surface area contributed by atoms with Crippen LogP contribution in [0.4, 0.5) is 0 Å². The van der Waals surface area contributed by atoms with Crippen LogP contribution in [0.5, 0.6) is 46.0 Å². The highest BCUT2D eigenvalue weighted by molar-refractivity contribution is 5.92. The van der Waals surface area contributed by atoms with Gasteiger partial charge in [-0.2, -0.15) is 0 Å². The minimum Gasteiger partial charge on any atom is -0.508 e. The van der Waals surface area contributed by atoms with Gasteiger partial charge >= 0.3 is 0 Å². The Bertz CT molecular complexity index is 1640. The van der Waals surface area contributed by atoms with Crippen molar-refractivity contribution in [3.63, 3.8) is 0 Å². The molecule has 0 bridgehead atoms. The van der Waals surface area contributed by atoms with Gasteiger partial charge in [0.15, 0.2) is 18.1 Å². The highest BCUT2D eigenvalue weighted by Gasteiger charge is 2.44. The van der Waals surface area contributed by atoms with Crippen molar-refractivity contribution in [2.45, 2.75) is 5.79 Å². The summed E-state index contributed by atoms with van der Waals surface area (Å²) in [6.07, 6.45) is 5.49. The van der Waals surface area contributed by atoms with Gasteiger partial charge in [-0.1, -0.05) is 24.3 Å². The molecule has 1 atom stereocenters. The van der Waals surface area contributed by atoms with Gasteiger partial charge in [0.25, 0.3) is 5.79 Å². The van der Waals surface area contributed by atoms with Crippen molar-refractivity contribution in [3.8, 4) is 46.0 Å². The summed E-state index contributed by atoms with van der Waals surface area (Å²) in [7, 11) is 4.71. The zero-order valence-electron chi connectivity index (χ0n) is 23.2. The van der Waals surface area contributed by atoms with Crippen LogP contribution in [0.1, 0.15) is 22.3 Å². The summed E-state index contributed by atoms with van der Waals surface area (Å²) in [4.78, 5) is 0. The molecule has 9 heteroatoms. The summed E-state index contributed by atoms with van der Waals surface area (Å²) >= 11 is 0. The van der Waals surface area contributed by atoms with Gasteiger partial charge in [0.05, 0.1) is 21.3 Å². The predicted octanol–water partition coefficient (Wildman–Crippen LogP) is 5.70. The lowest BCUT2D eigenvalue weighted by Crippen LogP contribution is -2.47. The SMILES string of the molecule is COc1ccc2c(c1)OC1(O)COc3cc(OC)c(OC)cc3C1=C2.Oc1ccc(C=Cc2cc(O)cc(O)c2)cc1. The molecule has 4 aromatic carbocycles. The average molecular weight is 571 g/mol. The predicted molar refractivity (Wildman–Crippen MR) is 158 cm³/mol. The Kier molecular flexibility index (Phi) is 7.86. The Morgan fingerprint density at radius 2 is 1.36 bits per heavy atom. The van der Waals surface area contributed by atoms with Gasteiger partial charge in [0.2, 0.25) is 0 Å². The largest absolute Gasteiger partial charge is 0.508 e. The summed E-state index contributed by atoms with van der Waals surface area (Å²) < 4.78 is 27.5. The molecular formula is C33H30O9. The summed E-state index contributed by atoms with van der Waals surface area (Å²) in [5, 5.41) is 38.7. The van der Waals surface area contributed by atoms with E-state index >= 15 is 0 Å². The van der Waals surface area contributed by atoms with Crippen molar-refractivity contribution in [2.24, 2.45) is 0 Å². The van der Waals surface area contributed by atoms with Crippen LogP contribution in [0.15, 0.2) is 72.8 Å². The van der Waals surface area contributed by atoms with E-state index in [2.05, 4.69) is 0 Å². The summed E-state index contributed by atoms with van der Waals surface area (Å²) in [6, 6.07) is 20.1. The standard InChI is InChI=1S/C19H18O6.C14H12O3/c1-21-12-5-4-11-6-14-13-8-17(22-2)18(23-3)9-16(13)24-10-19(14,20)25-15(11)7-12;15-12-5-3-10(4-6-12)1-2-11-7-13(16)9-14(17)8-11/h4-9,20H,10H2,1-3H3;1-9,15-17H. The summed E-state index contributed by atoms with van der Waals surface area (Å²) in [6.45, 7) is -0.0298. The first kappa shape index (κ1) is 28.3. The number of phenolic OH excluding ortho intramolecular Hbond substituents is 3. The molecule has 0 aromatic heterocycles. The van der Waals surface area contributed by atoms with E-state index in [4.69, 9.17) is 28.8 Å². The molecule has 0 saturated carbocycles. The maximum absolute atomic E-state index is 11.0. The molecule has 9 nitrogen and oxygen atoms in total. The van der Waals surface area contributed by atoms with E-state index in [9.17, 15) is 15.3 Å². The molecule has 2 heterocycles. The first-order chi connectivity index (χ1) is 20.2. The van der Waals surface area contributed by atoms with Crippen LogP contribution in [0.25, 0.3) is 23.8 Å². The van der Waals surface area contributed by atoms with E-state index in [1.165, 1.54) is 6.07 Å². The van der Waals surface area contributed by atoms with Gasteiger partial charge in [-0.05, 0) is 59.7 Å². The van der Waals surface area contributed by atoms with Crippen molar-refractivity contribution in [2.75, 3.05) is 27.9 Å². The molecule has 4 aromatic rings. The summed E-state index contributed by atoms with van der Waals surface area (Å²) in [5.41, 5.74) is 3.80. The van der Waals surface area contributed by atoms with Gasteiger partial charge in [-0.3, -0.25) is 0 Å². The zero-order valence-corrected chi connectivity index (χ0v) is 23.2. The molecule has 0 amide bonds. The monoisotopic (exact) mass is 570 g/mol. The van der Waals surface area contributed by atoms with E-state index in [-0.39, 0.29) is 23.9 Å². The minimum absolute atomic E-state index is 0.0235. The molecule has 0 radical (unpaired) electrons. The van der Waals surface area contributed by atoms with Crippen molar-refractivity contribution < 1.29 is 44.1 Å². The highest BCUT2D eigenvalue weighted by Crippen LogP contribution is 2.49. The minimum atomic E-state index is -1.58. The molecule has 0 fully saturated rings. The number of hydrogen-bond donors (Lipinski definition) is 4. The van der Waals surface area contributed by atoms with E-state index < -0.39 is 5.79 Å². The number of hydrogen-bond acceptors (Lipinski definition) is 9. The molecule has 2 aliphatic heterocycles.